The first kappa shape index (κ1) is 23.2. The zero-order chi connectivity index (χ0) is 24.5. The van der Waals surface area contributed by atoms with Gasteiger partial charge in [-0.3, -0.25) is 4.90 Å². The molecule has 1 aliphatic carbocycles. The molecule has 3 aromatic carbocycles. The van der Waals surface area contributed by atoms with E-state index in [2.05, 4.69) is 11.0 Å². The normalized spacial score (nSPS) is 16.2. The monoisotopic (exact) mass is 477 g/mol. The number of ether oxygens (including phenoxy) is 5. The molecule has 0 radical (unpaired) electrons. The standard InChI is InChI=1S/C28H31NO6/c1-31-22-7-5-6-8-23(22)35-12-11-29-10-9-17-15-25(33-3)28(34-4)27-19-16-24(32-2)21(30)14-18(19)13-20(29)26(17)27/h5-8,14-16,20,30H,9-13H2,1-4H3. The van der Waals surface area contributed by atoms with Crippen molar-refractivity contribution in [2.45, 2.75) is 18.9 Å². The van der Waals surface area contributed by atoms with Gasteiger partial charge in [0, 0.05) is 24.7 Å². The zero-order valence-corrected chi connectivity index (χ0v) is 20.6. The fourth-order valence-electron chi connectivity index (χ4n) is 5.41. The summed E-state index contributed by atoms with van der Waals surface area (Å²) in [4.78, 5) is 2.46. The summed E-state index contributed by atoms with van der Waals surface area (Å²) in [6.45, 7) is 2.20. The molecule has 1 aliphatic heterocycles. The molecule has 0 bridgehead atoms. The first-order valence-electron chi connectivity index (χ1n) is 11.8. The molecule has 184 valence electrons. The Morgan fingerprint density at radius 3 is 2.31 bits per heavy atom. The Bertz CT molecular complexity index is 1240. The minimum atomic E-state index is 0.134. The Labute approximate surface area is 205 Å². The van der Waals surface area contributed by atoms with Gasteiger partial charge < -0.3 is 28.8 Å². The van der Waals surface area contributed by atoms with E-state index in [-0.39, 0.29) is 11.8 Å². The quantitative estimate of drug-likeness (QED) is 0.507. The van der Waals surface area contributed by atoms with Crippen LogP contribution in [0.2, 0.25) is 0 Å². The van der Waals surface area contributed by atoms with Gasteiger partial charge in [-0.2, -0.15) is 0 Å². The lowest BCUT2D eigenvalue weighted by Gasteiger charge is -2.42. The SMILES string of the molecule is COc1cc2c(cc1O)CC1c3c(cc(OC)c(OC)c3-2)CCN1CCOc1ccccc1OC. The molecule has 0 saturated heterocycles. The van der Waals surface area contributed by atoms with Gasteiger partial charge in [0.25, 0.3) is 0 Å². The van der Waals surface area contributed by atoms with Crippen molar-refractivity contribution < 1.29 is 28.8 Å². The van der Waals surface area contributed by atoms with Crippen LogP contribution < -0.4 is 23.7 Å². The van der Waals surface area contributed by atoms with Crippen LogP contribution in [0.25, 0.3) is 11.1 Å². The summed E-state index contributed by atoms with van der Waals surface area (Å²) in [5, 5.41) is 10.5. The predicted octanol–water partition coefficient (Wildman–Crippen LogP) is 4.63. The molecule has 0 amide bonds. The number of fused-ring (bicyclic) bond motifs is 2. The molecule has 1 heterocycles. The van der Waals surface area contributed by atoms with Gasteiger partial charge in [0.1, 0.15) is 6.61 Å². The maximum Gasteiger partial charge on any atom is 0.168 e. The average Bonchev–Trinajstić information content (AvgIpc) is 2.89. The molecule has 0 spiro atoms. The Hall–Kier alpha value is -3.58. The van der Waals surface area contributed by atoms with E-state index in [1.165, 1.54) is 11.1 Å². The molecule has 0 fully saturated rings. The summed E-state index contributed by atoms with van der Waals surface area (Å²) in [6, 6.07) is 13.7. The molecule has 1 unspecified atom stereocenters. The van der Waals surface area contributed by atoms with E-state index in [0.717, 1.165) is 54.1 Å². The van der Waals surface area contributed by atoms with Gasteiger partial charge in [-0.05, 0) is 65.4 Å². The van der Waals surface area contributed by atoms with Gasteiger partial charge in [-0.1, -0.05) is 12.1 Å². The third-order valence-electron chi connectivity index (χ3n) is 7.03. The van der Waals surface area contributed by atoms with Crippen molar-refractivity contribution in [1.82, 2.24) is 4.90 Å². The molecule has 1 N–H and O–H groups in total. The Morgan fingerprint density at radius 2 is 1.60 bits per heavy atom. The molecule has 7 nitrogen and oxygen atoms in total. The lowest BCUT2D eigenvalue weighted by atomic mass is 9.76. The molecular weight excluding hydrogens is 446 g/mol. The summed E-state index contributed by atoms with van der Waals surface area (Å²) in [7, 11) is 6.55. The summed E-state index contributed by atoms with van der Waals surface area (Å²) < 4.78 is 28.5. The van der Waals surface area contributed by atoms with Crippen LogP contribution in [0.15, 0.2) is 42.5 Å². The Balaban J connectivity index is 1.52. The number of hydrogen-bond donors (Lipinski definition) is 1. The van der Waals surface area contributed by atoms with E-state index in [1.807, 2.05) is 36.4 Å². The molecule has 1 atom stereocenters. The maximum atomic E-state index is 10.5. The van der Waals surface area contributed by atoms with Crippen LogP contribution in [0.1, 0.15) is 22.7 Å². The molecule has 0 aromatic heterocycles. The number of para-hydroxylation sites is 2. The van der Waals surface area contributed by atoms with Crippen LogP contribution in [0, 0.1) is 0 Å². The second kappa shape index (κ2) is 9.58. The van der Waals surface area contributed by atoms with Crippen molar-refractivity contribution >= 4 is 0 Å². The number of hydrogen-bond acceptors (Lipinski definition) is 7. The zero-order valence-electron chi connectivity index (χ0n) is 20.6. The number of rotatable bonds is 8. The van der Waals surface area contributed by atoms with E-state index in [1.54, 1.807) is 28.4 Å². The number of nitrogens with zero attached hydrogens (tertiary/aromatic N) is 1. The maximum absolute atomic E-state index is 10.5. The fraction of sp³-hybridized carbons (Fsp3) is 0.357. The molecule has 0 saturated carbocycles. The molecular formula is C28H31NO6. The smallest absolute Gasteiger partial charge is 0.168 e. The summed E-state index contributed by atoms with van der Waals surface area (Å²) in [6.07, 6.45) is 1.68. The van der Waals surface area contributed by atoms with E-state index in [4.69, 9.17) is 23.7 Å². The molecule has 7 heteroatoms. The van der Waals surface area contributed by atoms with Crippen LogP contribution in [-0.2, 0) is 12.8 Å². The second-order valence-corrected chi connectivity index (χ2v) is 8.75. The van der Waals surface area contributed by atoms with Crippen LogP contribution in [0.3, 0.4) is 0 Å². The second-order valence-electron chi connectivity index (χ2n) is 8.75. The minimum absolute atomic E-state index is 0.134. The van der Waals surface area contributed by atoms with Crippen molar-refractivity contribution in [3.05, 3.63) is 59.2 Å². The number of phenols is 1. The first-order valence-corrected chi connectivity index (χ1v) is 11.8. The van der Waals surface area contributed by atoms with Gasteiger partial charge in [0.2, 0.25) is 0 Å². The van der Waals surface area contributed by atoms with Crippen molar-refractivity contribution in [2.24, 2.45) is 0 Å². The molecule has 35 heavy (non-hydrogen) atoms. The highest BCUT2D eigenvalue weighted by Gasteiger charge is 2.38. The number of methoxy groups -OCH3 is 4. The molecule has 2 aliphatic rings. The van der Waals surface area contributed by atoms with Crippen molar-refractivity contribution in [3.8, 4) is 45.6 Å². The largest absolute Gasteiger partial charge is 0.504 e. The molecule has 5 rings (SSSR count). The van der Waals surface area contributed by atoms with Crippen molar-refractivity contribution in [3.63, 3.8) is 0 Å². The predicted molar refractivity (Wildman–Crippen MR) is 133 cm³/mol. The highest BCUT2D eigenvalue weighted by molar-refractivity contribution is 5.85. The third-order valence-corrected chi connectivity index (χ3v) is 7.03. The fourth-order valence-corrected chi connectivity index (χ4v) is 5.41. The Morgan fingerprint density at radius 1 is 0.857 bits per heavy atom. The van der Waals surface area contributed by atoms with E-state index < -0.39 is 0 Å². The van der Waals surface area contributed by atoms with Gasteiger partial charge in [-0.15, -0.1) is 0 Å². The highest BCUT2D eigenvalue weighted by Crippen LogP contribution is 2.54. The topological polar surface area (TPSA) is 69.6 Å². The van der Waals surface area contributed by atoms with Crippen LogP contribution in [0.5, 0.6) is 34.5 Å². The van der Waals surface area contributed by atoms with Gasteiger partial charge in [-0.25, -0.2) is 0 Å². The van der Waals surface area contributed by atoms with E-state index in [9.17, 15) is 5.11 Å². The highest BCUT2D eigenvalue weighted by atomic mass is 16.5. The Kier molecular flexibility index (Phi) is 6.34. The van der Waals surface area contributed by atoms with Crippen LogP contribution in [0.4, 0.5) is 0 Å². The van der Waals surface area contributed by atoms with Crippen LogP contribution >= 0.6 is 0 Å². The van der Waals surface area contributed by atoms with Crippen LogP contribution in [-0.4, -0.2) is 58.1 Å². The number of aromatic hydroxyl groups is 1. The third kappa shape index (κ3) is 4.00. The summed E-state index contributed by atoms with van der Waals surface area (Å²) in [5.41, 5.74) is 5.60. The van der Waals surface area contributed by atoms with Crippen molar-refractivity contribution in [1.29, 1.82) is 0 Å². The number of benzene rings is 3. The van der Waals surface area contributed by atoms with E-state index >= 15 is 0 Å². The van der Waals surface area contributed by atoms with Gasteiger partial charge in [0.15, 0.2) is 34.5 Å². The number of phenolic OH excluding ortho intramolecular Hbond substituents is 1. The summed E-state index contributed by atoms with van der Waals surface area (Å²) in [5.74, 6) is 3.47. The summed E-state index contributed by atoms with van der Waals surface area (Å²) >= 11 is 0. The lowest BCUT2D eigenvalue weighted by molar-refractivity contribution is 0.146. The minimum Gasteiger partial charge on any atom is -0.504 e. The van der Waals surface area contributed by atoms with Gasteiger partial charge >= 0.3 is 0 Å². The molecule has 3 aromatic rings. The first-order chi connectivity index (χ1) is 17.1. The average molecular weight is 478 g/mol. The van der Waals surface area contributed by atoms with Gasteiger partial charge in [0.05, 0.1) is 28.4 Å². The van der Waals surface area contributed by atoms with Crippen molar-refractivity contribution in [2.75, 3.05) is 48.1 Å². The lowest BCUT2D eigenvalue weighted by Crippen LogP contribution is -2.40. The van der Waals surface area contributed by atoms with E-state index in [0.29, 0.717) is 23.9 Å².